The maximum absolute atomic E-state index is 14.6. The summed E-state index contributed by atoms with van der Waals surface area (Å²) in [6, 6.07) is 32.8. The van der Waals surface area contributed by atoms with Crippen LogP contribution < -0.4 is 11.1 Å². The van der Waals surface area contributed by atoms with Crippen LogP contribution in [-0.4, -0.2) is 65.2 Å². The summed E-state index contributed by atoms with van der Waals surface area (Å²) in [6.45, 7) is 2.27. The number of nitrogens with two attached hydrogens (primary N) is 1. The van der Waals surface area contributed by atoms with Crippen molar-refractivity contribution in [3.8, 4) is 0 Å². The zero-order valence-electron chi connectivity index (χ0n) is 27.8. The number of hydrogen-bond acceptors (Lipinski definition) is 5. The van der Waals surface area contributed by atoms with Gasteiger partial charge in [0.15, 0.2) is 0 Å². The summed E-state index contributed by atoms with van der Waals surface area (Å²) < 4.78 is 0. The number of carbonyl (C=O) groups excluding carboxylic acids is 3. The van der Waals surface area contributed by atoms with Gasteiger partial charge in [-0.15, -0.1) is 0 Å². The lowest BCUT2D eigenvalue weighted by Gasteiger charge is -2.35. The maximum Gasteiger partial charge on any atom is 0.254 e. The average molecular weight is 642 g/mol. The normalized spacial score (nSPS) is 12.9. The number of amides is 3. The lowest BCUT2D eigenvalue weighted by atomic mass is 9.97. The van der Waals surface area contributed by atoms with Crippen LogP contribution in [0, 0.1) is 0 Å². The molecule has 5 rings (SSSR count). The number of rotatable bonds is 13. The van der Waals surface area contributed by atoms with Crippen LogP contribution in [0.25, 0.3) is 10.8 Å². The first kappa shape index (κ1) is 34.0. The van der Waals surface area contributed by atoms with E-state index in [9.17, 15) is 14.4 Å². The molecule has 8 heteroatoms. The molecule has 5 aromatic rings. The Morgan fingerprint density at radius 1 is 0.708 bits per heavy atom. The first-order chi connectivity index (χ1) is 23.2. The fourth-order valence-electron chi connectivity index (χ4n) is 5.91. The smallest absolute Gasteiger partial charge is 0.254 e. The van der Waals surface area contributed by atoms with Crippen molar-refractivity contribution < 1.29 is 14.4 Å². The molecule has 0 spiro atoms. The fourth-order valence-corrected chi connectivity index (χ4v) is 5.91. The van der Waals surface area contributed by atoms with Gasteiger partial charge in [0.25, 0.3) is 5.91 Å². The van der Waals surface area contributed by atoms with Crippen LogP contribution in [0.1, 0.15) is 45.6 Å². The third-order valence-corrected chi connectivity index (χ3v) is 8.83. The van der Waals surface area contributed by atoms with Crippen molar-refractivity contribution in [1.29, 1.82) is 0 Å². The Morgan fingerprint density at radius 3 is 2.12 bits per heavy atom. The van der Waals surface area contributed by atoms with Gasteiger partial charge >= 0.3 is 0 Å². The number of carbonyl (C=O) groups is 3. The highest BCUT2D eigenvalue weighted by atomic mass is 16.2. The lowest BCUT2D eigenvalue weighted by Crippen LogP contribution is -2.56. The van der Waals surface area contributed by atoms with Crippen molar-refractivity contribution in [2.24, 2.45) is 5.73 Å². The molecule has 2 unspecified atom stereocenters. The zero-order chi connectivity index (χ0) is 34.0. The molecule has 0 saturated carbocycles. The molecular weight excluding hydrogens is 598 g/mol. The first-order valence-electron chi connectivity index (χ1n) is 16.3. The van der Waals surface area contributed by atoms with E-state index in [0.717, 1.165) is 33.0 Å². The monoisotopic (exact) mass is 641 g/mol. The Bertz CT molecular complexity index is 1840. The van der Waals surface area contributed by atoms with Crippen molar-refractivity contribution in [2.75, 3.05) is 20.6 Å². The van der Waals surface area contributed by atoms with Crippen molar-refractivity contribution in [3.05, 3.63) is 149 Å². The third-order valence-electron chi connectivity index (χ3n) is 8.83. The minimum absolute atomic E-state index is 0.250. The Morgan fingerprint density at radius 2 is 1.40 bits per heavy atom. The molecular formula is C40H43N5O3. The molecule has 3 amide bonds. The van der Waals surface area contributed by atoms with Crippen LogP contribution in [0.15, 0.2) is 122 Å². The van der Waals surface area contributed by atoms with Gasteiger partial charge in [0.2, 0.25) is 11.8 Å². The minimum atomic E-state index is -0.884. The summed E-state index contributed by atoms with van der Waals surface area (Å²) >= 11 is 0. The molecule has 48 heavy (non-hydrogen) atoms. The summed E-state index contributed by atoms with van der Waals surface area (Å²) in [7, 11) is 3.31. The van der Waals surface area contributed by atoms with Gasteiger partial charge in [-0.1, -0.05) is 84.9 Å². The highest BCUT2D eigenvalue weighted by molar-refractivity contribution is 5.98. The van der Waals surface area contributed by atoms with Gasteiger partial charge in [-0.2, -0.15) is 0 Å². The summed E-state index contributed by atoms with van der Waals surface area (Å²) in [6.07, 6.45) is 4.67. The van der Waals surface area contributed by atoms with Crippen LogP contribution >= 0.6 is 0 Å². The number of nitrogens with zero attached hydrogens (tertiary/aromatic N) is 3. The van der Waals surface area contributed by atoms with Crippen molar-refractivity contribution in [2.45, 2.75) is 44.3 Å². The van der Waals surface area contributed by atoms with E-state index in [1.54, 1.807) is 44.7 Å². The number of hydrogen-bond donors (Lipinski definition) is 2. The molecule has 0 saturated heterocycles. The van der Waals surface area contributed by atoms with Crippen molar-refractivity contribution in [3.63, 3.8) is 0 Å². The summed E-state index contributed by atoms with van der Waals surface area (Å²) in [5.41, 5.74) is 10.3. The predicted octanol–water partition coefficient (Wildman–Crippen LogP) is 5.37. The highest BCUT2D eigenvalue weighted by Gasteiger charge is 2.35. The molecule has 0 bridgehead atoms. The van der Waals surface area contributed by atoms with E-state index < -0.39 is 12.1 Å². The molecule has 4 aromatic carbocycles. The number of likely N-dealkylation sites (N-methyl/N-ethyl adjacent to an activating group) is 2. The molecule has 3 N–H and O–H groups in total. The van der Waals surface area contributed by atoms with Crippen LogP contribution in [0.3, 0.4) is 0 Å². The van der Waals surface area contributed by atoms with Crippen LogP contribution in [0.2, 0.25) is 0 Å². The standard InChI is InChI=1S/C40H43N5O3/c1-28(41)33-14-9-15-35(27-33)39(47)45(3)37(26-31-16-17-32-12-7-8-13-34(32)24-31)40(48)44(2)36(25-30-10-5-4-6-11-30)38(46)43-23-20-29-18-21-42-22-19-29/h4-19,21-22,24,27-28,36-37H,20,23,25-26,41H2,1-3H3,(H,43,46)/t28?,36?,37-/m1/s1. The van der Waals surface area contributed by atoms with Crippen molar-refractivity contribution >= 4 is 28.5 Å². The maximum atomic E-state index is 14.6. The van der Waals surface area contributed by atoms with Crippen LogP contribution in [0.5, 0.6) is 0 Å². The van der Waals surface area contributed by atoms with E-state index in [1.807, 2.05) is 91.9 Å². The van der Waals surface area contributed by atoms with E-state index in [0.29, 0.717) is 24.9 Å². The molecule has 1 aromatic heterocycles. The number of fused-ring (bicyclic) bond motifs is 1. The fraction of sp³-hybridized carbons (Fsp3) is 0.250. The highest BCUT2D eigenvalue weighted by Crippen LogP contribution is 2.22. The molecule has 3 atom stereocenters. The second-order valence-corrected chi connectivity index (χ2v) is 12.3. The Hall–Kier alpha value is -5.34. The van der Waals surface area contributed by atoms with Gasteiger partial charge in [-0.3, -0.25) is 19.4 Å². The molecule has 0 radical (unpaired) electrons. The quantitative estimate of drug-likeness (QED) is 0.180. The summed E-state index contributed by atoms with van der Waals surface area (Å²) in [4.78, 5) is 49.5. The van der Waals surface area contributed by atoms with Gasteiger partial charge < -0.3 is 20.9 Å². The third kappa shape index (κ3) is 8.52. The SMILES string of the molecule is CC(N)c1cccc(C(=O)N(C)[C@H](Cc2ccc3ccccc3c2)C(=O)N(C)C(Cc2ccccc2)C(=O)NCCc2ccncc2)c1. The molecule has 246 valence electrons. The first-order valence-corrected chi connectivity index (χ1v) is 16.3. The van der Waals surface area contributed by atoms with Gasteiger partial charge in [-0.05, 0) is 70.6 Å². The molecule has 0 aliphatic carbocycles. The van der Waals surface area contributed by atoms with Crippen LogP contribution in [-0.2, 0) is 28.9 Å². The second kappa shape index (κ2) is 16.0. The summed E-state index contributed by atoms with van der Waals surface area (Å²) in [5.74, 6) is -0.883. The molecule has 0 aliphatic heterocycles. The number of pyridine rings is 1. The van der Waals surface area contributed by atoms with Crippen LogP contribution in [0.4, 0.5) is 0 Å². The number of benzene rings is 4. The Kier molecular flexibility index (Phi) is 11.3. The lowest BCUT2D eigenvalue weighted by molar-refractivity contribution is -0.142. The molecule has 8 nitrogen and oxygen atoms in total. The van der Waals surface area contributed by atoms with E-state index >= 15 is 0 Å². The average Bonchev–Trinajstić information content (AvgIpc) is 3.12. The topological polar surface area (TPSA) is 109 Å². The molecule has 0 fully saturated rings. The second-order valence-electron chi connectivity index (χ2n) is 12.3. The van der Waals surface area contributed by atoms with Gasteiger partial charge in [-0.25, -0.2) is 0 Å². The molecule has 0 aliphatic rings. The summed E-state index contributed by atoms with van der Waals surface area (Å²) in [5, 5.41) is 5.18. The predicted molar refractivity (Wildman–Crippen MR) is 190 cm³/mol. The Labute approximate surface area is 282 Å². The van der Waals surface area contributed by atoms with Gasteiger partial charge in [0, 0.05) is 57.5 Å². The number of aromatic nitrogens is 1. The Balaban J connectivity index is 1.45. The van der Waals surface area contributed by atoms with E-state index in [-0.39, 0.29) is 30.2 Å². The zero-order valence-corrected chi connectivity index (χ0v) is 27.8. The largest absolute Gasteiger partial charge is 0.354 e. The van der Waals surface area contributed by atoms with Gasteiger partial charge in [0.05, 0.1) is 0 Å². The van der Waals surface area contributed by atoms with E-state index in [2.05, 4.69) is 16.4 Å². The van der Waals surface area contributed by atoms with E-state index in [4.69, 9.17) is 5.73 Å². The van der Waals surface area contributed by atoms with Crippen molar-refractivity contribution in [1.82, 2.24) is 20.1 Å². The molecule has 1 heterocycles. The minimum Gasteiger partial charge on any atom is -0.354 e. The number of nitrogens with one attached hydrogen (secondary N) is 1. The van der Waals surface area contributed by atoms with Gasteiger partial charge in [0.1, 0.15) is 12.1 Å². The van der Waals surface area contributed by atoms with E-state index in [1.165, 1.54) is 9.80 Å².